The first-order valence-corrected chi connectivity index (χ1v) is 7.36. The van der Waals surface area contributed by atoms with E-state index in [2.05, 4.69) is 0 Å². The van der Waals surface area contributed by atoms with Crippen molar-refractivity contribution in [3.8, 4) is 0 Å². The van der Waals surface area contributed by atoms with Crippen LogP contribution in [0.15, 0.2) is 0 Å². The number of ketones is 2. The van der Waals surface area contributed by atoms with Gasteiger partial charge >= 0.3 is 0 Å². The van der Waals surface area contributed by atoms with Gasteiger partial charge in [0.05, 0.1) is 33.0 Å². The van der Waals surface area contributed by atoms with Crippen molar-refractivity contribution in [2.75, 3.05) is 27.7 Å². The van der Waals surface area contributed by atoms with Gasteiger partial charge in [-0.25, -0.2) is 0 Å². The molecule has 0 spiro atoms. The second kappa shape index (κ2) is 8.89. The van der Waals surface area contributed by atoms with Gasteiger partial charge in [0.15, 0.2) is 5.78 Å². The summed E-state index contributed by atoms with van der Waals surface area (Å²) in [5.74, 6) is -5.25. The zero-order chi connectivity index (χ0) is 16.6. The van der Waals surface area contributed by atoms with Crippen LogP contribution in [0.2, 0.25) is 0 Å². The van der Waals surface area contributed by atoms with Crippen LogP contribution < -0.4 is 5.11 Å². The van der Waals surface area contributed by atoms with E-state index in [9.17, 15) is 24.6 Å². The molecule has 0 rings (SSSR count). The van der Waals surface area contributed by atoms with Crippen LogP contribution in [-0.2, 0) is 14.4 Å². The maximum absolute atomic E-state index is 11.9. The Kier molecular flexibility index (Phi) is 8.36. The molecule has 21 heavy (non-hydrogen) atoms. The van der Waals surface area contributed by atoms with Gasteiger partial charge in [-0.3, -0.25) is 9.59 Å². The summed E-state index contributed by atoms with van der Waals surface area (Å²) >= 11 is 0. The number of likely N-dealkylation sites (N-methyl/N-ethyl adjacent to an activating group) is 1. The summed E-state index contributed by atoms with van der Waals surface area (Å²) in [4.78, 5) is 34.8. The van der Waals surface area contributed by atoms with Crippen LogP contribution in [0.5, 0.6) is 0 Å². The number of quaternary nitrogens is 1. The van der Waals surface area contributed by atoms with Crippen molar-refractivity contribution in [3.63, 3.8) is 0 Å². The molecule has 0 aromatic rings. The highest BCUT2D eigenvalue weighted by Gasteiger charge is 2.35. The minimum absolute atomic E-state index is 0.0275. The number of carboxylic acids is 1. The molecule has 2 atom stereocenters. The SMILES string of the molecule is CCCCCCC(=O)C(=O)C(C(=O)[O-])C(O)C[N+](C)(C)C. The van der Waals surface area contributed by atoms with E-state index in [0.29, 0.717) is 6.42 Å². The molecular formula is C15H27NO5. The highest BCUT2D eigenvalue weighted by atomic mass is 16.4. The maximum atomic E-state index is 11.9. The van der Waals surface area contributed by atoms with E-state index in [1.807, 2.05) is 6.92 Å². The predicted molar refractivity (Wildman–Crippen MR) is 76.2 cm³/mol. The van der Waals surface area contributed by atoms with Gasteiger partial charge in [-0.2, -0.15) is 0 Å². The Morgan fingerprint density at radius 2 is 1.67 bits per heavy atom. The summed E-state index contributed by atoms with van der Waals surface area (Å²) < 4.78 is 0.281. The van der Waals surface area contributed by atoms with Crippen molar-refractivity contribution in [2.45, 2.75) is 45.1 Å². The summed E-state index contributed by atoms with van der Waals surface area (Å²) in [6.07, 6.45) is 1.96. The van der Waals surface area contributed by atoms with Crippen molar-refractivity contribution >= 4 is 17.5 Å². The molecule has 1 N–H and O–H groups in total. The number of aliphatic carboxylic acids is 1. The Hall–Kier alpha value is -1.27. The van der Waals surface area contributed by atoms with Crippen LogP contribution >= 0.6 is 0 Å². The third-order valence-corrected chi connectivity index (χ3v) is 3.19. The number of carbonyl (C=O) groups is 3. The lowest BCUT2D eigenvalue weighted by Gasteiger charge is -2.30. The summed E-state index contributed by atoms with van der Waals surface area (Å²) in [5.41, 5.74) is 0. The molecule has 0 amide bonds. The highest BCUT2D eigenvalue weighted by molar-refractivity contribution is 6.41. The van der Waals surface area contributed by atoms with Gasteiger partial charge in [-0.15, -0.1) is 0 Å². The van der Waals surface area contributed by atoms with Crippen molar-refractivity contribution in [2.24, 2.45) is 5.92 Å². The standard InChI is InChI=1S/C15H27NO5/c1-5-6-7-8-9-11(17)14(19)13(15(20)21)12(18)10-16(2,3)4/h12-13,18H,5-10H2,1-4H3. The van der Waals surface area contributed by atoms with Gasteiger partial charge in [0.1, 0.15) is 12.6 Å². The number of Topliss-reactive ketones (excluding diaryl/α,β-unsaturated/α-hetero) is 2. The molecular weight excluding hydrogens is 274 g/mol. The molecule has 0 aromatic heterocycles. The van der Waals surface area contributed by atoms with E-state index in [-0.39, 0.29) is 17.4 Å². The second-order valence-corrected chi connectivity index (χ2v) is 6.44. The van der Waals surface area contributed by atoms with E-state index in [0.717, 1.165) is 19.3 Å². The van der Waals surface area contributed by atoms with Gasteiger partial charge in [0.25, 0.3) is 0 Å². The van der Waals surface area contributed by atoms with Crippen LogP contribution in [0.4, 0.5) is 0 Å². The Bertz CT molecular complexity index is 373. The average Bonchev–Trinajstić information content (AvgIpc) is 2.31. The number of nitrogens with zero attached hydrogens (tertiary/aromatic N) is 1. The summed E-state index contributed by atoms with van der Waals surface area (Å²) in [6.45, 7) is 2.08. The molecule has 0 saturated heterocycles. The summed E-state index contributed by atoms with van der Waals surface area (Å²) in [6, 6.07) is 0. The molecule has 6 heteroatoms. The van der Waals surface area contributed by atoms with Gasteiger partial charge < -0.3 is 19.5 Å². The number of carbonyl (C=O) groups excluding carboxylic acids is 3. The molecule has 0 aliphatic heterocycles. The second-order valence-electron chi connectivity index (χ2n) is 6.44. The number of hydrogen-bond donors (Lipinski definition) is 1. The number of aliphatic hydroxyl groups is 1. The molecule has 0 radical (unpaired) electrons. The first-order chi connectivity index (χ1) is 9.60. The van der Waals surface area contributed by atoms with E-state index in [1.165, 1.54) is 0 Å². The topological polar surface area (TPSA) is 94.5 Å². The lowest BCUT2D eigenvalue weighted by atomic mass is 9.92. The minimum atomic E-state index is -1.78. The lowest BCUT2D eigenvalue weighted by Crippen LogP contribution is -2.52. The molecule has 0 aliphatic rings. The van der Waals surface area contributed by atoms with Crippen molar-refractivity contribution < 1.29 is 29.1 Å². The summed E-state index contributed by atoms with van der Waals surface area (Å²) in [5, 5.41) is 21.0. The first kappa shape index (κ1) is 19.7. The molecule has 0 heterocycles. The van der Waals surface area contributed by atoms with Crippen LogP contribution in [0, 0.1) is 5.92 Å². The van der Waals surface area contributed by atoms with E-state index >= 15 is 0 Å². The first-order valence-electron chi connectivity index (χ1n) is 7.36. The largest absolute Gasteiger partial charge is 0.549 e. The quantitative estimate of drug-likeness (QED) is 0.241. The Morgan fingerprint density at radius 1 is 1.10 bits per heavy atom. The molecule has 6 nitrogen and oxygen atoms in total. The van der Waals surface area contributed by atoms with Crippen LogP contribution in [-0.4, -0.2) is 60.9 Å². The molecule has 0 saturated carbocycles. The zero-order valence-corrected chi connectivity index (χ0v) is 13.4. The van der Waals surface area contributed by atoms with Gasteiger partial charge in [-0.05, 0) is 6.42 Å². The van der Waals surface area contributed by atoms with E-state index in [4.69, 9.17) is 0 Å². The zero-order valence-electron chi connectivity index (χ0n) is 13.4. The number of carboxylic acid groups (broad SMARTS) is 1. The molecule has 0 fully saturated rings. The number of rotatable bonds is 11. The highest BCUT2D eigenvalue weighted by Crippen LogP contribution is 2.12. The third kappa shape index (κ3) is 7.92. The number of unbranched alkanes of at least 4 members (excludes halogenated alkanes) is 3. The number of hydrogen-bond acceptors (Lipinski definition) is 5. The smallest absolute Gasteiger partial charge is 0.209 e. The third-order valence-electron chi connectivity index (χ3n) is 3.19. The molecule has 0 aliphatic carbocycles. The van der Waals surface area contributed by atoms with Crippen molar-refractivity contribution in [3.05, 3.63) is 0 Å². The van der Waals surface area contributed by atoms with Crippen LogP contribution in [0.25, 0.3) is 0 Å². The number of aliphatic hydroxyl groups excluding tert-OH is 1. The molecule has 122 valence electrons. The minimum Gasteiger partial charge on any atom is -0.549 e. The predicted octanol–water partition coefficient (Wildman–Crippen LogP) is -0.472. The molecule has 0 aromatic carbocycles. The Morgan fingerprint density at radius 3 is 2.10 bits per heavy atom. The van der Waals surface area contributed by atoms with Gasteiger partial charge in [0.2, 0.25) is 5.78 Å². The lowest BCUT2D eigenvalue weighted by molar-refractivity contribution is -0.873. The molecule has 0 bridgehead atoms. The monoisotopic (exact) mass is 301 g/mol. The molecule has 2 unspecified atom stereocenters. The average molecular weight is 301 g/mol. The fourth-order valence-corrected chi connectivity index (χ4v) is 2.11. The maximum Gasteiger partial charge on any atom is 0.209 e. The van der Waals surface area contributed by atoms with E-state index in [1.54, 1.807) is 21.1 Å². The van der Waals surface area contributed by atoms with E-state index < -0.39 is 29.6 Å². The Labute approximate surface area is 126 Å². The van der Waals surface area contributed by atoms with Crippen LogP contribution in [0.1, 0.15) is 39.0 Å². The van der Waals surface area contributed by atoms with Crippen molar-refractivity contribution in [1.82, 2.24) is 0 Å². The van der Waals surface area contributed by atoms with Gasteiger partial charge in [0, 0.05) is 6.42 Å². The van der Waals surface area contributed by atoms with Crippen LogP contribution in [0.3, 0.4) is 0 Å². The fraction of sp³-hybridized carbons (Fsp3) is 0.800. The fourth-order valence-electron chi connectivity index (χ4n) is 2.11. The van der Waals surface area contributed by atoms with Crippen molar-refractivity contribution in [1.29, 1.82) is 0 Å². The Balaban J connectivity index is 4.69. The van der Waals surface area contributed by atoms with Gasteiger partial charge in [-0.1, -0.05) is 26.2 Å². The normalized spacial score (nSPS) is 14.5. The summed E-state index contributed by atoms with van der Waals surface area (Å²) in [7, 11) is 5.27.